The lowest BCUT2D eigenvalue weighted by atomic mass is 10.1. The van der Waals surface area contributed by atoms with Crippen LogP contribution in [0.15, 0.2) is 12.1 Å². The van der Waals surface area contributed by atoms with E-state index in [0.29, 0.717) is 50.1 Å². The van der Waals surface area contributed by atoms with Crippen molar-refractivity contribution in [2.75, 3.05) is 60.8 Å². The number of ether oxygens (including phenoxy) is 7. The summed E-state index contributed by atoms with van der Waals surface area (Å²) in [7, 11) is 3.22. The molecule has 1 aromatic carbocycles. The molecule has 8 nitrogen and oxygen atoms in total. The zero-order chi connectivity index (χ0) is 17.9. The van der Waals surface area contributed by atoms with E-state index in [2.05, 4.69) is 0 Å². The molecule has 0 unspecified atom stereocenters. The fourth-order valence-corrected chi connectivity index (χ4v) is 2.28. The zero-order valence-electron chi connectivity index (χ0n) is 14.7. The summed E-state index contributed by atoms with van der Waals surface area (Å²) < 4.78 is 37.4. The van der Waals surface area contributed by atoms with Crippen LogP contribution >= 0.6 is 0 Å². The molecule has 8 heteroatoms. The molecule has 0 amide bonds. The third-order valence-corrected chi connectivity index (χ3v) is 3.51. The van der Waals surface area contributed by atoms with Gasteiger partial charge >= 0.3 is 0 Å². The van der Waals surface area contributed by atoms with Crippen molar-refractivity contribution in [1.82, 2.24) is 0 Å². The van der Waals surface area contributed by atoms with Crippen LogP contribution in [0.4, 0.5) is 0 Å². The number of aliphatic hydroxyl groups is 1. The summed E-state index contributed by atoms with van der Waals surface area (Å²) in [6.07, 6.45) is 0.314. The van der Waals surface area contributed by atoms with Crippen LogP contribution in [0, 0.1) is 0 Å². The highest BCUT2D eigenvalue weighted by atomic mass is 16.7. The smallest absolute Gasteiger partial charge is 0.189 e. The molecule has 2 rings (SSSR count). The van der Waals surface area contributed by atoms with E-state index >= 15 is 0 Å². The minimum Gasteiger partial charge on any atom is -0.483 e. The summed E-state index contributed by atoms with van der Waals surface area (Å²) in [5, 5.41) is 9.33. The van der Waals surface area contributed by atoms with Crippen LogP contribution in [-0.2, 0) is 25.4 Å². The Labute approximate surface area is 147 Å². The molecular formula is C17H26O8. The molecule has 1 heterocycles. The van der Waals surface area contributed by atoms with Gasteiger partial charge in [-0.25, -0.2) is 0 Å². The second-order valence-electron chi connectivity index (χ2n) is 5.36. The van der Waals surface area contributed by atoms with Crippen molar-refractivity contribution in [2.24, 2.45) is 0 Å². The number of aliphatic hydroxyl groups excluding tert-OH is 1. The number of fused-ring (bicyclic) bond motifs is 1. The molecule has 0 bridgehead atoms. The lowest BCUT2D eigenvalue weighted by Crippen LogP contribution is -2.17. The first kappa shape index (κ1) is 19.7. The van der Waals surface area contributed by atoms with E-state index in [1.165, 1.54) is 0 Å². The van der Waals surface area contributed by atoms with Gasteiger partial charge in [-0.15, -0.1) is 0 Å². The SMILES string of the molecule is COCCOCOc1cc2c(c(OCOCCOC)c1)O[C@H](CO)C2. The Bertz CT molecular complexity index is 508. The van der Waals surface area contributed by atoms with Crippen molar-refractivity contribution >= 4 is 0 Å². The van der Waals surface area contributed by atoms with Crippen LogP contribution in [0.25, 0.3) is 0 Å². The molecule has 1 aliphatic heterocycles. The van der Waals surface area contributed by atoms with Gasteiger partial charge in [0.2, 0.25) is 0 Å². The molecule has 142 valence electrons. The van der Waals surface area contributed by atoms with Gasteiger partial charge in [-0.1, -0.05) is 0 Å². The number of benzene rings is 1. The van der Waals surface area contributed by atoms with Crippen molar-refractivity contribution < 1.29 is 38.3 Å². The molecule has 0 saturated heterocycles. The van der Waals surface area contributed by atoms with Crippen LogP contribution in [0.1, 0.15) is 5.56 Å². The fraction of sp³-hybridized carbons (Fsp3) is 0.647. The van der Waals surface area contributed by atoms with Crippen molar-refractivity contribution in [3.05, 3.63) is 17.7 Å². The summed E-state index contributed by atoms with van der Waals surface area (Å²) in [6.45, 7) is 2.00. The number of rotatable bonds is 13. The topological polar surface area (TPSA) is 84.8 Å². The first-order valence-corrected chi connectivity index (χ1v) is 8.11. The van der Waals surface area contributed by atoms with Crippen LogP contribution in [-0.4, -0.2) is 72.1 Å². The Kier molecular flexibility index (Phi) is 8.78. The van der Waals surface area contributed by atoms with E-state index in [1.54, 1.807) is 20.3 Å². The van der Waals surface area contributed by atoms with Crippen LogP contribution in [0.3, 0.4) is 0 Å². The van der Waals surface area contributed by atoms with Gasteiger partial charge in [0.1, 0.15) is 11.9 Å². The van der Waals surface area contributed by atoms with Crippen molar-refractivity contribution in [2.45, 2.75) is 12.5 Å². The quantitative estimate of drug-likeness (QED) is 0.413. The Morgan fingerprint density at radius 2 is 1.68 bits per heavy atom. The van der Waals surface area contributed by atoms with E-state index in [4.69, 9.17) is 33.2 Å². The predicted molar refractivity (Wildman–Crippen MR) is 88.3 cm³/mol. The standard InChI is InChI=1S/C17H26O8/c1-19-3-5-21-11-23-14-7-13-8-15(10-18)25-17(13)16(9-14)24-12-22-6-4-20-2/h7,9,15,18H,3-6,8,10-12H2,1-2H3/t15-/m0/s1. The minimum absolute atomic E-state index is 0.0607. The van der Waals surface area contributed by atoms with Gasteiger partial charge in [-0.2, -0.15) is 0 Å². The summed E-state index contributed by atoms with van der Waals surface area (Å²) in [6, 6.07) is 3.58. The predicted octanol–water partition coefficient (Wildman–Crippen LogP) is 0.981. The molecule has 1 aromatic rings. The monoisotopic (exact) mass is 358 g/mol. The molecule has 1 atom stereocenters. The molecule has 25 heavy (non-hydrogen) atoms. The van der Waals surface area contributed by atoms with Crippen molar-refractivity contribution in [3.8, 4) is 17.2 Å². The van der Waals surface area contributed by atoms with E-state index in [-0.39, 0.29) is 26.3 Å². The highest BCUT2D eigenvalue weighted by Gasteiger charge is 2.27. The molecule has 0 aliphatic carbocycles. The van der Waals surface area contributed by atoms with Gasteiger partial charge < -0.3 is 38.3 Å². The highest BCUT2D eigenvalue weighted by molar-refractivity contribution is 5.54. The molecular weight excluding hydrogens is 332 g/mol. The maximum atomic E-state index is 9.33. The number of methoxy groups -OCH3 is 2. The van der Waals surface area contributed by atoms with Crippen molar-refractivity contribution in [3.63, 3.8) is 0 Å². The lowest BCUT2D eigenvalue weighted by molar-refractivity contribution is -0.0126. The highest BCUT2D eigenvalue weighted by Crippen LogP contribution is 2.41. The summed E-state index contributed by atoms with van der Waals surface area (Å²) in [5.41, 5.74) is 0.917. The van der Waals surface area contributed by atoms with Gasteiger partial charge in [0.15, 0.2) is 25.1 Å². The largest absolute Gasteiger partial charge is 0.483 e. The van der Waals surface area contributed by atoms with E-state index in [0.717, 1.165) is 5.56 Å². The van der Waals surface area contributed by atoms with Gasteiger partial charge in [-0.3, -0.25) is 0 Å². The lowest BCUT2D eigenvalue weighted by Gasteiger charge is -2.14. The van der Waals surface area contributed by atoms with E-state index < -0.39 is 0 Å². The molecule has 1 N–H and O–H groups in total. The van der Waals surface area contributed by atoms with Gasteiger partial charge in [0.05, 0.1) is 33.0 Å². The Balaban J connectivity index is 1.95. The second kappa shape index (κ2) is 11.1. The third kappa shape index (κ3) is 6.33. The zero-order valence-corrected chi connectivity index (χ0v) is 14.7. The molecule has 1 aliphatic rings. The summed E-state index contributed by atoms with van der Waals surface area (Å²) in [4.78, 5) is 0. The average molecular weight is 358 g/mol. The molecule has 0 aromatic heterocycles. The average Bonchev–Trinajstić information content (AvgIpc) is 3.04. The maximum Gasteiger partial charge on any atom is 0.189 e. The number of hydrogen-bond acceptors (Lipinski definition) is 8. The molecule has 0 spiro atoms. The Morgan fingerprint density at radius 1 is 1.00 bits per heavy atom. The van der Waals surface area contributed by atoms with Gasteiger partial charge in [0.25, 0.3) is 0 Å². The first-order valence-electron chi connectivity index (χ1n) is 8.11. The van der Waals surface area contributed by atoms with E-state index in [1.807, 2.05) is 6.07 Å². The Morgan fingerprint density at radius 3 is 2.32 bits per heavy atom. The summed E-state index contributed by atoms with van der Waals surface area (Å²) in [5.74, 6) is 1.73. The maximum absolute atomic E-state index is 9.33. The van der Waals surface area contributed by atoms with Crippen LogP contribution in [0.2, 0.25) is 0 Å². The molecule has 0 saturated carbocycles. The molecule has 0 radical (unpaired) electrons. The van der Waals surface area contributed by atoms with Gasteiger partial charge in [-0.05, 0) is 6.07 Å². The summed E-state index contributed by atoms with van der Waals surface area (Å²) >= 11 is 0. The van der Waals surface area contributed by atoms with E-state index in [9.17, 15) is 5.11 Å². The third-order valence-electron chi connectivity index (χ3n) is 3.51. The molecule has 0 fully saturated rings. The van der Waals surface area contributed by atoms with Crippen LogP contribution in [0.5, 0.6) is 17.2 Å². The normalized spacial score (nSPS) is 15.7. The van der Waals surface area contributed by atoms with Crippen molar-refractivity contribution in [1.29, 1.82) is 0 Å². The van der Waals surface area contributed by atoms with Crippen LogP contribution < -0.4 is 14.2 Å². The van der Waals surface area contributed by atoms with Gasteiger partial charge in [0, 0.05) is 32.3 Å². The second-order valence-corrected chi connectivity index (χ2v) is 5.36. The minimum atomic E-state index is -0.278. The first-order chi connectivity index (χ1) is 12.3. The fourth-order valence-electron chi connectivity index (χ4n) is 2.28. The Hall–Kier alpha value is -1.58. The number of hydrogen-bond donors (Lipinski definition) is 1.